The molecule has 1 heterocycles. The molecule has 144 valence electrons. The van der Waals surface area contributed by atoms with Crippen LogP contribution in [-0.2, 0) is 11.8 Å². The van der Waals surface area contributed by atoms with Gasteiger partial charge in [0.2, 0.25) is 0 Å². The fourth-order valence-corrected chi connectivity index (χ4v) is 2.91. The summed E-state index contributed by atoms with van der Waals surface area (Å²) in [6.07, 6.45) is 4.23. The summed E-state index contributed by atoms with van der Waals surface area (Å²) in [7, 11) is 0. The molecule has 0 radical (unpaired) electrons. The quantitative estimate of drug-likeness (QED) is 0.617. The SMILES string of the molecule is CC(C)(C)c1ccc(NC(=O)c2cncc(NCCc3ccccc3)c2)cc1. The average molecular weight is 374 g/mol. The third-order valence-corrected chi connectivity index (χ3v) is 4.59. The number of nitrogens with zero attached hydrogens (tertiary/aromatic N) is 1. The Morgan fingerprint density at radius 1 is 0.929 bits per heavy atom. The van der Waals surface area contributed by atoms with E-state index in [0.29, 0.717) is 5.56 Å². The maximum absolute atomic E-state index is 12.6. The minimum absolute atomic E-state index is 0.0895. The molecule has 4 nitrogen and oxygen atoms in total. The van der Waals surface area contributed by atoms with E-state index >= 15 is 0 Å². The van der Waals surface area contributed by atoms with Gasteiger partial charge in [0.05, 0.1) is 11.3 Å². The van der Waals surface area contributed by atoms with Crippen LogP contribution < -0.4 is 10.6 Å². The number of aromatic nitrogens is 1. The Morgan fingerprint density at radius 3 is 2.32 bits per heavy atom. The van der Waals surface area contributed by atoms with Gasteiger partial charge in [-0.2, -0.15) is 0 Å². The number of carbonyl (C=O) groups is 1. The number of carbonyl (C=O) groups excluding carboxylic acids is 1. The van der Waals surface area contributed by atoms with Crippen molar-refractivity contribution in [1.29, 1.82) is 0 Å². The van der Waals surface area contributed by atoms with Crippen molar-refractivity contribution in [2.45, 2.75) is 32.6 Å². The summed E-state index contributed by atoms with van der Waals surface area (Å²) in [6.45, 7) is 7.29. The first-order valence-electron chi connectivity index (χ1n) is 9.56. The predicted molar refractivity (Wildman–Crippen MR) is 116 cm³/mol. The van der Waals surface area contributed by atoms with Crippen LogP contribution in [0.15, 0.2) is 73.1 Å². The van der Waals surface area contributed by atoms with Crippen molar-refractivity contribution < 1.29 is 4.79 Å². The first kappa shape index (κ1) is 19.6. The van der Waals surface area contributed by atoms with Gasteiger partial charge < -0.3 is 10.6 Å². The highest BCUT2D eigenvalue weighted by atomic mass is 16.1. The Bertz CT molecular complexity index is 913. The maximum Gasteiger partial charge on any atom is 0.257 e. The maximum atomic E-state index is 12.6. The zero-order valence-electron chi connectivity index (χ0n) is 16.7. The van der Waals surface area contributed by atoms with Crippen molar-refractivity contribution in [2.24, 2.45) is 0 Å². The third-order valence-electron chi connectivity index (χ3n) is 4.59. The predicted octanol–water partition coefficient (Wildman–Crippen LogP) is 5.29. The fraction of sp³-hybridized carbons (Fsp3) is 0.250. The third kappa shape index (κ3) is 5.43. The lowest BCUT2D eigenvalue weighted by atomic mass is 9.87. The molecule has 1 aromatic heterocycles. The number of hydrogen-bond donors (Lipinski definition) is 2. The molecular formula is C24H27N3O. The van der Waals surface area contributed by atoms with Gasteiger partial charge in [-0.3, -0.25) is 9.78 Å². The van der Waals surface area contributed by atoms with Gasteiger partial charge >= 0.3 is 0 Å². The molecule has 2 aromatic carbocycles. The van der Waals surface area contributed by atoms with Crippen molar-refractivity contribution in [3.63, 3.8) is 0 Å². The molecule has 3 aromatic rings. The Balaban J connectivity index is 1.59. The molecule has 0 aliphatic heterocycles. The molecule has 0 saturated carbocycles. The van der Waals surface area contributed by atoms with Crippen LogP contribution in [-0.4, -0.2) is 17.4 Å². The summed E-state index contributed by atoms with van der Waals surface area (Å²) in [6, 6.07) is 20.1. The minimum Gasteiger partial charge on any atom is -0.383 e. The number of amides is 1. The number of nitrogens with one attached hydrogen (secondary N) is 2. The summed E-state index contributed by atoms with van der Waals surface area (Å²) in [5.41, 5.74) is 4.75. The van der Waals surface area contributed by atoms with Crippen molar-refractivity contribution in [1.82, 2.24) is 4.98 Å². The van der Waals surface area contributed by atoms with Gasteiger partial charge in [-0.05, 0) is 41.2 Å². The summed E-state index contributed by atoms with van der Waals surface area (Å²) >= 11 is 0. The lowest BCUT2D eigenvalue weighted by molar-refractivity contribution is 0.102. The molecule has 4 heteroatoms. The Hall–Kier alpha value is -3.14. The molecule has 0 unspecified atom stereocenters. The van der Waals surface area contributed by atoms with Crippen LogP contribution in [0.1, 0.15) is 42.3 Å². The van der Waals surface area contributed by atoms with E-state index in [1.165, 1.54) is 11.1 Å². The van der Waals surface area contributed by atoms with Crippen molar-refractivity contribution in [3.8, 4) is 0 Å². The molecule has 3 rings (SSSR count). The lowest BCUT2D eigenvalue weighted by Gasteiger charge is -2.19. The fourth-order valence-electron chi connectivity index (χ4n) is 2.91. The largest absolute Gasteiger partial charge is 0.383 e. The van der Waals surface area contributed by atoms with Gasteiger partial charge in [-0.1, -0.05) is 63.2 Å². The van der Waals surface area contributed by atoms with Gasteiger partial charge in [-0.15, -0.1) is 0 Å². The van der Waals surface area contributed by atoms with E-state index in [9.17, 15) is 4.79 Å². The molecule has 0 atom stereocenters. The van der Waals surface area contributed by atoms with Crippen LogP contribution in [0.2, 0.25) is 0 Å². The van der Waals surface area contributed by atoms with Gasteiger partial charge in [-0.25, -0.2) is 0 Å². The van der Waals surface area contributed by atoms with Crippen LogP contribution in [0, 0.1) is 0 Å². The van der Waals surface area contributed by atoms with Gasteiger partial charge in [0.25, 0.3) is 5.91 Å². The van der Waals surface area contributed by atoms with E-state index in [0.717, 1.165) is 24.3 Å². The van der Waals surface area contributed by atoms with Crippen LogP contribution in [0.5, 0.6) is 0 Å². The van der Waals surface area contributed by atoms with Crippen LogP contribution in [0.3, 0.4) is 0 Å². The van der Waals surface area contributed by atoms with E-state index in [4.69, 9.17) is 0 Å². The topological polar surface area (TPSA) is 54.0 Å². The van der Waals surface area contributed by atoms with Crippen LogP contribution >= 0.6 is 0 Å². The molecule has 0 bridgehead atoms. The molecule has 0 aliphatic rings. The molecule has 0 saturated heterocycles. The van der Waals surface area contributed by atoms with Crippen molar-refractivity contribution in [2.75, 3.05) is 17.2 Å². The second-order valence-electron chi connectivity index (χ2n) is 7.91. The Labute approximate surface area is 167 Å². The van der Waals surface area contributed by atoms with E-state index in [2.05, 4.69) is 60.7 Å². The summed E-state index contributed by atoms with van der Waals surface area (Å²) < 4.78 is 0. The van der Waals surface area contributed by atoms with E-state index in [1.807, 2.05) is 36.4 Å². The zero-order valence-corrected chi connectivity index (χ0v) is 16.7. The number of benzene rings is 2. The highest BCUT2D eigenvalue weighted by Crippen LogP contribution is 2.23. The van der Waals surface area contributed by atoms with Gasteiger partial charge in [0, 0.05) is 24.6 Å². The van der Waals surface area contributed by atoms with Gasteiger partial charge in [0.1, 0.15) is 0 Å². The highest BCUT2D eigenvalue weighted by Gasteiger charge is 2.13. The van der Waals surface area contributed by atoms with E-state index < -0.39 is 0 Å². The summed E-state index contributed by atoms with van der Waals surface area (Å²) in [5.74, 6) is -0.164. The summed E-state index contributed by atoms with van der Waals surface area (Å²) in [5, 5.41) is 6.27. The molecule has 2 N–H and O–H groups in total. The highest BCUT2D eigenvalue weighted by molar-refractivity contribution is 6.04. The van der Waals surface area contributed by atoms with Gasteiger partial charge in [0.15, 0.2) is 0 Å². The second-order valence-corrected chi connectivity index (χ2v) is 7.91. The number of rotatable bonds is 6. The van der Waals surface area contributed by atoms with E-state index in [-0.39, 0.29) is 11.3 Å². The lowest BCUT2D eigenvalue weighted by Crippen LogP contribution is -2.14. The molecule has 1 amide bonds. The molecule has 0 aliphatic carbocycles. The number of pyridine rings is 1. The molecule has 28 heavy (non-hydrogen) atoms. The van der Waals surface area contributed by atoms with Crippen molar-refractivity contribution >= 4 is 17.3 Å². The summed E-state index contributed by atoms with van der Waals surface area (Å²) in [4.78, 5) is 16.8. The Morgan fingerprint density at radius 2 is 1.64 bits per heavy atom. The normalized spacial score (nSPS) is 11.1. The van der Waals surface area contributed by atoms with Crippen LogP contribution in [0.4, 0.5) is 11.4 Å². The number of hydrogen-bond acceptors (Lipinski definition) is 3. The Kier molecular flexibility index (Phi) is 6.09. The van der Waals surface area contributed by atoms with Crippen LogP contribution in [0.25, 0.3) is 0 Å². The van der Waals surface area contributed by atoms with Crippen molar-refractivity contribution in [3.05, 3.63) is 89.7 Å². The monoisotopic (exact) mass is 373 g/mol. The van der Waals surface area contributed by atoms with E-state index in [1.54, 1.807) is 12.4 Å². The smallest absolute Gasteiger partial charge is 0.257 e. The molecule has 0 fully saturated rings. The molecule has 0 spiro atoms. The minimum atomic E-state index is -0.164. The zero-order chi connectivity index (χ0) is 20.0. The first-order valence-corrected chi connectivity index (χ1v) is 9.56. The first-order chi connectivity index (χ1) is 13.4. The number of anilines is 2. The average Bonchev–Trinajstić information content (AvgIpc) is 2.69. The molecular weight excluding hydrogens is 346 g/mol. The second kappa shape index (κ2) is 8.70. The standard InChI is InChI=1S/C24H27N3O/c1-24(2,3)20-9-11-21(12-10-20)27-23(28)19-15-22(17-25-16-19)26-14-13-18-7-5-4-6-8-18/h4-12,15-17,26H,13-14H2,1-3H3,(H,27,28).